The number of hydrogen-bond acceptors (Lipinski definition) is 6. The number of carbonyl (C=O) groups excluding carboxylic acids is 1. The summed E-state index contributed by atoms with van der Waals surface area (Å²) in [6, 6.07) is 8.46. The van der Waals surface area contributed by atoms with Crippen LogP contribution in [0.15, 0.2) is 45.0 Å². The summed E-state index contributed by atoms with van der Waals surface area (Å²) in [5.41, 5.74) is 0.414. The van der Waals surface area contributed by atoms with E-state index in [0.29, 0.717) is 22.3 Å². The average Bonchev–Trinajstić information content (AvgIpc) is 3.18. The SMILES string of the molecule is COc1ccc(Cl)cc1NC(=O)Cn1c(-c2cccs2)noc1=O. The first-order valence-electron chi connectivity index (χ1n) is 6.82. The van der Waals surface area contributed by atoms with Gasteiger partial charge in [0.1, 0.15) is 12.3 Å². The molecule has 0 saturated heterocycles. The van der Waals surface area contributed by atoms with Gasteiger partial charge < -0.3 is 10.1 Å². The lowest BCUT2D eigenvalue weighted by Gasteiger charge is -2.10. The van der Waals surface area contributed by atoms with Crippen LogP contribution in [0.4, 0.5) is 5.69 Å². The molecule has 7 nitrogen and oxygen atoms in total. The Hall–Kier alpha value is -2.58. The van der Waals surface area contributed by atoms with Gasteiger partial charge in [-0.15, -0.1) is 11.3 Å². The van der Waals surface area contributed by atoms with Gasteiger partial charge in [0.05, 0.1) is 17.7 Å². The Bertz CT molecular complexity index is 917. The first kappa shape index (κ1) is 16.3. The Labute approximate surface area is 145 Å². The fourth-order valence-corrected chi connectivity index (χ4v) is 2.99. The third-order valence-electron chi connectivity index (χ3n) is 3.17. The number of benzene rings is 1. The van der Waals surface area contributed by atoms with Crippen LogP contribution >= 0.6 is 22.9 Å². The standard InChI is InChI=1S/C15H12ClN3O4S/c1-22-11-5-4-9(16)7-10(11)17-13(20)8-19-14(18-23-15(19)21)12-3-2-6-24-12/h2-7H,8H2,1H3,(H,17,20). The average molecular weight is 366 g/mol. The van der Waals surface area contributed by atoms with E-state index < -0.39 is 11.7 Å². The highest BCUT2D eigenvalue weighted by Crippen LogP contribution is 2.28. The van der Waals surface area contributed by atoms with Crippen LogP contribution < -0.4 is 15.8 Å². The second kappa shape index (κ2) is 6.90. The molecule has 0 atom stereocenters. The molecule has 1 aromatic carbocycles. The molecule has 0 saturated carbocycles. The number of carbonyl (C=O) groups is 1. The maximum absolute atomic E-state index is 12.3. The Morgan fingerprint density at radius 2 is 2.29 bits per heavy atom. The maximum atomic E-state index is 12.3. The second-order valence-corrected chi connectivity index (χ2v) is 6.11. The van der Waals surface area contributed by atoms with Crippen LogP contribution in [0.3, 0.4) is 0 Å². The predicted molar refractivity (Wildman–Crippen MR) is 90.7 cm³/mol. The van der Waals surface area contributed by atoms with Crippen molar-refractivity contribution in [1.29, 1.82) is 0 Å². The van der Waals surface area contributed by atoms with Crippen LogP contribution in [0.1, 0.15) is 0 Å². The van der Waals surface area contributed by atoms with E-state index >= 15 is 0 Å². The number of anilines is 1. The number of thiophene rings is 1. The minimum atomic E-state index is -0.702. The van der Waals surface area contributed by atoms with Gasteiger partial charge in [-0.05, 0) is 29.6 Å². The number of nitrogens with one attached hydrogen (secondary N) is 1. The molecule has 0 fully saturated rings. The summed E-state index contributed by atoms with van der Waals surface area (Å²) in [5.74, 6) is -0.364. The highest BCUT2D eigenvalue weighted by molar-refractivity contribution is 7.13. The number of nitrogens with zero attached hydrogens (tertiary/aromatic N) is 2. The van der Waals surface area contributed by atoms with Gasteiger partial charge in [-0.1, -0.05) is 22.8 Å². The van der Waals surface area contributed by atoms with Gasteiger partial charge in [0.2, 0.25) is 5.91 Å². The normalized spacial score (nSPS) is 10.6. The summed E-state index contributed by atoms with van der Waals surface area (Å²) in [7, 11) is 1.48. The number of ether oxygens (including phenoxy) is 1. The lowest BCUT2D eigenvalue weighted by Crippen LogP contribution is -2.25. The van der Waals surface area contributed by atoms with Gasteiger partial charge in [0.25, 0.3) is 0 Å². The molecule has 0 unspecified atom stereocenters. The molecule has 2 aromatic heterocycles. The molecule has 3 aromatic rings. The Morgan fingerprint density at radius 1 is 1.46 bits per heavy atom. The van der Waals surface area contributed by atoms with Crippen molar-refractivity contribution in [1.82, 2.24) is 9.72 Å². The molecular weight excluding hydrogens is 354 g/mol. The molecule has 1 N–H and O–H groups in total. The quantitative estimate of drug-likeness (QED) is 0.751. The van der Waals surface area contributed by atoms with Crippen LogP contribution in [0.5, 0.6) is 5.75 Å². The smallest absolute Gasteiger partial charge is 0.442 e. The molecule has 124 valence electrons. The number of halogens is 1. The zero-order chi connectivity index (χ0) is 17.1. The van der Waals surface area contributed by atoms with E-state index in [-0.39, 0.29) is 6.54 Å². The van der Waals surface area contributed by atoms with Crippen molar-refractivity contribution in [2.24, 2.45) is 0 Å². The molecule has 9 heteroatoms. The number of amides is 1. The van der Waals surface area contributed by atoms with E-state index in [9.17, 15) is 9.59 Å². The van der Waals surface area contributed by atoms with Crippen LogP contribution in [0.25, 0.3) is 10.7 Å². The Morgan fingerprint density at radius 3 is 3.00 bits per heavy atom. The van der Waals surface area contributed by atoms with Gasteiger partial charge in [-0.2, -0.15) is 0 Å². The van der Waals surface area contributed by atoms with Crippen molar-refractivity contribution < 1.29 is 14.1 Å². The van der Waals surface area contributed by atoms with Crippen LogP contribution in [0.2, 0.25) is 5.02 Å². The molecule has 2 heterocycles. The summed E-state index contributed by atoms with van der Waals surface area (Å²) < 4.78 is 11.0. The fourth-order valence-electron chi connectivity index (χ4n) is 2.10. The van der Waals surface area contributed by atoms with Crippen molar-refractivity contribution in [3.63, 3.8) is 0 Å². The number of aromatic nitrogens is 2. The number of rotatable bonds is 5. The highest BCUT2D eigenvalue weighted by atomic mass is 35.5. The summed E-state index contributed by atoms with van der Waals surface area (Å²) >= 11 is 7.32. The van der Waals surface area contributed by atoms with E-state index in [4.69, 9.17) is 16.3 Å². The summed E-state index contributed by atoms with van der Waals surface area (Å²) in [6.45, 7) is -0.245. The van der Waals surface area contributed by atoms with Gasteiger partial charge in [0, 0.05) is 5.02 Å². The molecule has 0 radical (unpaired) electrons. The van der Waals surface area contributed by atoms with Crippen molar-refractivity contribution in [2.45, 2.75) is 6.54 Å². The Kier molecular flexibility index (Phi) is 4.68. The van der Waals surface area contributed by atoms with Crippen molar-refractivity contribution >= 4 is 34.5 Å². The minimum absolute atomic E-state index is 0.245. The lowest BCUT2D eigenvalue weighted by atomic mass is 10.3. The van der Waals surface area contributed by atoms with E-state index in [1.165, 1.54) is 18.4 Å². The monoisotopic (exact) mass is 365 g/mol. The van der Waals surface area contributed by atoms with Crippen molar-refractivity contribution in [2.75, 3.05) is 12.4 Å². The molecular formula is C15H12ClN3O4S. The van der Waals surface area contributed by atoms with E-state index in [1.807, 2.05) is 11.4 Å². The molecule has 3 rings (SSSR count). The van der Waals surface area contributed by atoms with Crippen LogP contribution in [-0.4, -0.2) is 22.7 Å². The number of methoxy groups -OCH3 is 1. The van der Waals surface area contributed by atoms with E-state index in [1.54, 1.807) is 24.3 Å². The van der Waals surface area contributed by atoms with Gasteiger partial charge in [-0.25, -0.2) is 9.36 Å². The molecule has 0 spiro atoms. The van der Waals surface area contributed by atoms with Gasteiger partial charge >= 0.3 is 5.76 Å². The zero-order valence-electron chi connectivity index (χ0n) is 12.5. The zero-order valence-corrected chi connectivity index (χ0v) is 14.1. The van der Waals surface area contributed by atoms with Crippen molar-refractivity contribution in [3.05, 3.63) is 51.3 Å². The van der Waals surface area contributed by atoms with E-state index in [0.717, 1.165) is 9.44 Å². The molecule has 0 aliphatic carbocycles. The van der Waals surface area contributed by atoms with Crippen LogP contribution in [-0.2, 0) is 11.3 Å². The highest BCUT2D eigenvalue weighted by Gasteiger charge is 2.17. The topological polar surface area (TPSA) is 86.4 Å². The molecule has 1 amide bonds. The lowest BCUT2D eigenvalue weighted by molar-refractivity contribution is -0.116. The third-order valence-corrected chi connectivity index (χ3v) is 4.27. The third kappa shape index (κ3) is 3.34. The van der Waals surface area contributed by atoms with Crippen molar-refractivity contribution in [3.8, 4) is 16.5 Å². The summed E-state index contributed by atoms with van der Waals surface area (Å²) in [4.78, 5) is 24.8. The minimum Gasteiger partial charge on any atom is -0.495 e. The number of hydrogen-bond donors (Lipinski definition) is 1. The maximum Gasteiger partial charge on any atom is 0.442 e. The predicted octanol–water partition coefficient (Wildman–Crippen LogP) is 2.87. The largest absolute Gasteiger partial charge is 0.495 e. The second-order valence-electron chi connectivity index (χ2n) is 4.73. The fraction of sp³-hybridized carbons (Fsp3) is 0.133. The molecule has 0 aliphatic heterocycles. The van der Waals surface area contributed by atoms with Crippen LogP contribution in [0, 0.1) is 0 Å². The molecule has 0 bridgehead atoms. The first-order chi connectivity index (χ1) is 11.6. The summed E-state index contributed by atoms with van der Waals surface area (Å²) in [6.07, 6.45) is 0. The summed E-state index contributed by atoms with van der Waals surface area (Å²) in [5, 5.41) is 8.69. The Balaban J connectivity index is 1.83. The van der Waals surface area contributed by atoms with Gasteiger partial charge in [0.15, 0.2) is 5.82 Å². The molecule has 24 heavy (non-hydrogen) atoms. The van der Waals surface area contributed by atoms with Gasteiger partial charge in [-0.3, -0.25) is 9.32 Å². The van der Waals surface area contributed by atoms with E-state index in [2.05, 4.69) is 15.0 Å². The molecule has 0 aliphatic rings. The first-order valence-corrected chi connectivity index (χ1v) is 8.08.